The molecule has 0 fully saturated rings. The number of rotatable bonds is 6. The van der Waals surface area contributed by atoms with Gasteiger partial charge >= 0.3 is 0 Å². The van der Waals surface area contributed by atoms with Crippen molar-refractivity contribution in [3.8, 4) is 11.1 Å². The molecule has 1 atom stereocenters. The van der Waals surface area contributed by atoms with E-state index in [4.69, 9.17) is 4.98 Å². The molecule has 0 amide bonds. The standard InChI is InChI=1S/C18H24N6/c1-5-6-13(4)22-18-20-8-14-7-19-10-16(17(14)23-18)15-9-21-24(11-15)12(2)3/h7-13H,5-6H2,1-4H3,(H,20,22,23). The Morgan fingerprint density at radius 1 is 1.12 bits per heavy atom. The summed E-state index contributed by atoms with van der Waals surface area (Å²) < 4.78 is 1.94. The molecule has 126 valence electrons. The van der Waals surface area contributed by atoms with Crippen molar-refractivity contribution in [2.75, 3.05) is 5.32 Å². The molecule has 3 aromatic heterocycles. The van der Waals surface area contributed by atoms with Gasteiger partial charge in [0.2, 0.25) is 5.95 Å². The zero-order chi connectivity index (χ0) is 17.1. The van der Waals surface area contributed by atoms with Crippen LogP contribution in [0, 0.1) is 0 Å². The Labute approximate surface area is 142 Å². The predicted octanol–water partition coefficient (Wildman–Crippen LogP) is 4.07. The normalized spacial score (nSPS) is 12.7. The van der Waals surface area contributed by atoms with E-state index in [-0.39, 0.29) is 0 Å². The van der Waals surface area contributed by atoms with Gasteiger partial charge in [-0.2, -0.15) is 5.10 Å². The average molecular weight is 324 g/mol. The van der Waals surface area contributed by atoms with E-state index >= 15 is 0 Å². The van der Waals surface area contributed by atoms with Crippen LogP contribution < -0.4 is 5.32 Å². The van der Waals surface area contributed by atoms with Crippen molar-refractivity contribution in [1.29, 1.82) is 0 Å². The zero-order valence-electron chi connectivity index (χ0n) is 14.7. The van der Waals surface area contributed by atoms with Crippen LogP contribution in [0.3, 0.4) is 0 Å². The summed E-state index contributed by atoms with van der Waals surface area (Å²) in [6.07, 6.45) is 11.6. The minimum atomic E-state index is 0.323. The van der Waals surface area contributed by atoms with Crippen molar-refractivity contribution in [2.24, 2.45) is 0 Å². The molecule has 1 unspecified atom stereocenters. The maximum Gasteiger partial charge on any atom is 0.223 e. The first kappa shape index (κ1) is 16.4. The minimum Gasteiger partial charge on any atom is -0.352 e. The monoisotopic (exact) mass is 324 g/mol. The number of anilines is 1. The molecule has 0 aromatic carbocycles. The number of pyridine rings is 1. The first-order valence-electron chi connectivity index (χ1n) is 8.50. The molecule has 0 aliphatic rings. The lowest BCUT2D eigenvalue weighted by molar-refractivity contribution is 0.532. The Balaban J connectivity index is 2.00. The van der Waals surface area contributed by atoms with Crippen molar-refractivity contribution in [2.45, 2.75) is 52.6 Å². The van der Waals surface area contributed by atoms with E-state index in [0.717, 1.165) is 34.9 Å². The Morgan fingerprint density at radius 3 is 2.67 bits per heavy atom. The summed E-state index contributed by atoms with van der Waals surface area (Å²) in [7, 11) is 0. The van der Waals surface area contributed by atoms with Gasteiger partial charge in [-0.25, -0.2) is 9.97 Å². The van der Waals surface area contributed by atoms with Gasteiger partial charge in [0.1, 0.15) is 0 Å². The van der Waals surface area contributed by atoms with Crippen LogP contribution in [0.15, 0.2) is 31.0 Å². The molecule has 3 rings (SSSR count). The van der Waals surface area contributed by atoms with E-state index in [2.05, 4.69) is 48.1 Å². The van der Waals surface area contributed by atoms with E-state index in [1.165, 1.54) is 0 Å². The average Bonchev–Trinajstić information content (AvgIpc) is 3.04. The number of nitrogens with zero attached hydrogens (tertiary/aromatic N) is 5. The highest BCUT2D eigenvalue weighted by Crippen LogP contribution is 2.27. The third kappa shape index (κ3) is 3.37. The highest BCUT2D eigenvalue weighted by Gasteiger charge is 2.11. The van der Waals surface area contributed by atoms with Crippen molar-refractivity contribution in [3.05, 3.63) is 31.0 Å². The molecule has 0 radical (unpaired) electrons. The molecule has 0 aliphatic heterocycles. The lowest BCUT2D eigenvalue weighted by Crippen LogP contribution is -2.16. The summed E-state index contributed by atoms with van der Waals surface area (Å²) in [5, 5.41) is 8.73. The SMILES string of the molecule is CCCC(C)Nc1ncc2cncc(-c3cnn(C(C)C)c3)c2n1. The van der Waals surface area contributed by atoms with Gasteiger partial charge in [0.05, 0.1) is 11.7 Å². The molecule has 0 aliphatic carbocycles. The van der Waals surface area contributed by atoms with Crippen LogP contribution in [0.4, 0.5) is 5.95 Å². The largest absolute Gasteiger partial charge is 0.352 e. The van der Waals surface area contributed by atoms with Crippen LogP contribution in [-0.2, 0) is 0 Å². The van der Waals surface area contributed by atoms with Gasteiger partial charge in [-0.3, -0.25) is 9.67 Å². The second-order valence-corrected chi connectivity index (χ2v) is 6.46. The molecule has 0 saturated carbocycles. The van der Waals surface area contributed by atoms with E-state index in [1.54, 1.807) is 6.20 Å². The fourth-order valence-corrected chi connectivity index (χ4v) is 2.72. The van der Waals surface area contributed by atoms with Gasteiger partial charge in [0.15, 0.2) is 0 Å². The first-order valence-corrected chi connectivity index (χ1v) is 8.50. The molecule has 6 nitrogen and oxygen atoms in total. The Kier molecular flexibility index (Phi) is 4.74. The minimum absolute atomic E-state index is 0.323. The van der Waals surface area contributed by atoms with Gasteiger partial charge in [-0.1, -0.05) is 13.3 Å². The Bertz CT molecular complexity index is 823. The molecular formula is C18H24N6. The molecular weight excluding hydrogens is 300 g/mol. The summed E-state index contributed by atoms with van der Waals surface area (Å²) in [5.74, 6) is 0.659. The molecule has 3 heterocycles. The van der Waals surface area contributed by atoms with E-state index < -0.39 is 0 Å². The number of nitrogens with one attached hydrogen (secondary N) is 1. The molecule has 6 heteroatoms. The lowest BCUT2D eigenvalue weighted by atomic mass is 10.1. The third-order valence-electron chi connectivity index (χ3n) is 4.03. The Morgan fingerprint density at radius 2 is 1.96 bits per heavy atom. The molecule has 1 N–H and O–H groups in total. The maximum absolute atomic E-state index is 4.73. The van der Waals surface area contributed by atoms with E-state index in [1.807, 2.05) is 29.5 Å². The number of fused-ring (bicyclic) bond motifs is 1. The fraction of sp³-hybridized carbons (Fsp3) is 0.444. The second kappa shape index (κ2) is 6.95. The van der Waals surface area contributed by atoms with Crippen LogP contribution in [0.25, 0.3) is 22.0 Å². The quantitative estimate of drug-likeness (QED) is 0.740. The second-order valence-electron chi connectivity index (χ2n) is 6.46. The van der Waals surface area contributed by atoms with Crippen LogP contribution in [0.2, 0.25) is 0 Å². The van der Waals surface area contributed by atoms with Crippen molar-refractivity contribution in [3.63, 3.8) is 0 Å². The van der Waals surface area contributed by atoms with Gasteiger partial charge in [0.25, 0.3) is 0 Å². The lowest BCUT2D eigenvalue weighted by Gasteiger charge is -2.13. The van der Waals surface area contributed by atoms with Crippen molar-refractivity contribution in [1.82, 2.24) is 24.7 Å². The molecule has 0 saturated heterocycles. The Hall–Kier alpha value is -2.50. The third-order valence-corrected chi connectivity index (χ3v) is 4.03. The predicted molar refractivity (Wildman–Crippen MR) is 96.9 cm³/mol. The summed E-state index contributed by atoms with van der Waals surface area (Å²) >= 11 is 0. The zero-order valence-corrected chi connectivity index (χ0v) is 14.7. The van der Waals surface area contributed by atoms with Gasteiger partial charge < -0.3 is 5.32 Å². The van der Waals surface area contributed by atoms with E-state index in [9.17, 15) is 0 Å². The van der Waals surface area contributed by atoms with Crippen molar-refractivity contribution >= 4 is 16.9 Å². The summed E-state index contributed by atoms with van der Waals surface area (Å²) in [6, 6.07) is 0.671. The number of hydrogen-bond donors (Lipinski definition) is 1. The van der Waals surface area contributed by atoms with Crippen molar-refractivity contribution < 1.29 is 0 Å². The summed E-state index contributed by atoms with van der Waals surface area (Å²) in [4.78, 5) is 13.5. The maximum atomic E-state index is 4.73. The smallest absolute Gasteiger partial charge is 0.223 e. The molecule has 24 heavy (non-hydrogen) atoms. The van der Waals surface area contributed by atoms with E-state index in [0.29, 0.717) is 18.0 Å². The van der Waals surface area contributed by atoms with Crippen LogP contribution in [0.1, 0.15) is 46.6 Å². The summed E-state index contributed by atoms with van der Waals surface area (Å²) in [6.45, 7) is 8.54. The van der Waals surface area contributed by atoms with Gasteiger partial charge in [-0.05, 0) is 27.2 Å². The summed E-state index contributed by atoms with van der Waals surface area (Å²) in [5.41, 5.74) is 2.90. The van der Waals surface area contributed by atoms with Gasteiger partial charge in [0, 0.05) is 53.4 Å². The number of aromatic nitrogens is 5. The van der Waals surface area contributed by atoms with Crippen LogP contribution >= 0.6 is 0 Å². The fourth-order valence-electron chi connectivity index (χ4n) is 2.72. The van der Waals surface area contributed by atoms with Crippen LogP contribution in [0.5, 0.6) is 0 Å². The molecule has 0 spiro atoms. The molecule has 3 aromatic rings. The van der Waals surface area contributed by atoms with Crippen LogP contribution in [-0.4, -0.2) is 30.8 Å². The first-order chi connectivity index (χ1) is 11.6. The number of hydrogen-bond acceptors (Lipinski definition) is 5. The highest BCUT2D eigenvalue weighted by molar-refractivity contribution is 5.92. The van der Waals surface area contributed by atoms with Gasteiger partial charge in [-0.15, -0.1) is 0 Å². The topological polar surface area (TPSA) is 68.5 Å². The molecule has 0 bridgehead atoms. The highest BCUT2D eigenvalue weighted by atomic mass is 15.3.